The molecule has 2 heterocycles. The molecule has 0 amide bonds. The molecule has 30 heavy (non-hydrogen) atoms. The maximum Gasteiger partial charge on any atom is 0.260 e. The standard InChI is InChI=1S/C22H23N3O4S/c1-12-5-4-6-14(9-12)25-21(27)18(20(26)24-22(25)30)19-15-11-17(29-3)16(28-2)10-13(15)7-8-23-19/h4-6,9-11,19,23,27H,7-8H2,1-3H3,(H,24,26,30)/t19-/m1/s1. The van der Waals surface area contributed by atoms with E-state index in [-0.39, 0.29) is 16.2 Å². The molecule has 1 aromatic heterocycles. The maximum atomic E-state index is 12.9. The molecule has 0 saturated carbocycles. The number of H-pyrrole nitrogens is 1. The van der Waals surface area contributed by atoms with E-state index in [1.165, 1.54) is 4.57 Å². The van der Waals surface area contributed by atoms with Gasteiger partial charge < -0.3 is 19.9 Å². The van der Waals surface area contributed by atoms with Crippen molar-refractivity contribution in [1.29, 1.82) is 0 Å². The van der Waals surface area contributed by atoms with Crippen molar-refractivity contribution in [3.8, 4) is 23.1 Å². The van der Waals surface area contributed by atoms with Crippen molar-refractivity contribution in [2.75, 3.05) is 20.8 Å². The first-order valence-corrected chi connectivity index (χ1v) is 9.98. The van der Waals surface area contributed by atoms with Gasteiger partial charge in [0.15, 0.2) is 16.3 Å². The van der Waals surface area contributed by atoms with Crippen LogP contribution in [0, 0.1) is 11.7 Å². The Bertz CT molecular complexity index is 1230. The summed E-state index contributed by atoms with van der Waals surface area (Å²) in [6.07, 6.45) is 0.766. The van der Waals surface area contributed by atoms with Crippen molar-refractivity contribution in [3.63, 3.8) is 0 Å². The van der Waals surface area contributed by atoms with E-state index < -0.39 is 11.6 Å². The Labute approximate surface area is 178 Å². The van der Waals surface area contributed by atoms with Crippen molar-refractivity contribution >= 4 is 12.2 Å². The highest BCUT2D eigenvalue weighted by Crippen LogP contribution is 2.38. The smallest absolute Gasteiger partial charge is 0.260 e. The third-order valence-electron chi connectivity index (χ3n) is 5.37. The van der Waals surface area contributed by atoms with E-state index in [1.807, 2.05) is 43.3 Å². The molecule has 8 heteroatoms. The Hall–Kier alpha value is -3.10. The number of ether oxygens (including phenoxy) is 2. The molecule has 1 aliphatic rings. The van der Waals surface area contributed by atoms with Gasteiger partial charge in [0, 0.05) is 6.54 Å². The van der Waals surface area contributed by atoms with Crippen LogP contribution in [0.25, 0.3) is 5.69 Å². The average Bonchev–Trinajstić information content (AvgIpc) is 2.72. The SMILES string of the molecule is COc1cc2c(cc1OC)[C@H](c1c(O)n(-c3cccc(C)c3)c(=S)[nH]c1=O)NCC2. The number of rotatable bonds is 4. The fraction of sp³-hybridized carbons (Fsp3) is 0.273. The lowest BCUT2D eigenvalue weighted by molar-refractivity contribution is 0.352. The molecule has 0 aliphatic carbocycles. The summed E-state index contributed by atoms with van der Waals surface area (Å²) in [6, 6.07) is 10.8. The van der Waals surface area contributed by atoms with Crippen LogP contribution in [0.15, 0.2) is 41.2 Å². The van der Waals surface area contributed by atoms with Gasteiger partial charge in [-0.1, -0.05) is 12.1 Å². The molecule has 1 aliphatic heterocycles. The zero-order valence-corrected chi connectivity index (χ0v) is 17.8. The summed E-state index contributed by atoms with van der Waals surface area (Å²) in [5.41, 5.74) is 3.35. The highest BCUT2D eigenvalue weighted by Gasteiger charge is 2.30. The molecule has 3 N–H and O–H groups in total. The predicted molar refractivity (Wildman–Crippen MR) is 117 cm³/mol. The second kappa shape index (κ2) is 7.97. The minimum absolute atomic E-state index is 0.134. The van der Waals surface area contributed by atoms with Crippen LogP contribution in [0.1, 0.15) is 28.3 Å². The molecule has 1 atom stereocenters. The van der Waals surface area contributed by atoms with Crippen molar-refractivity contribution in [3.05, 3.63) is 73.8 Å². The molecule has 0 spiro atoms. The fourth-order valence-corrected chi connectivity index (χ4v) is 4.23. The first-order chi connectivity index (χ1) is 14.4. The first-order valence-electron chi connectivity index (χ1n) is 9.58. The van der Waals surface area contributed by atoms with Crippen LogP contribution < -0.4 is 20.3 Å². The van der Waals surface area contributed by atoms with Gasteiger partial charge >= 0.3 is 0 Å². The quantitative estimate of drug-likeness (QED) is 0.557. The minimum atomic E-state index is -0.524. The number of methoxy groups -OCH3 is 2. The number of aromatic amines is 1. The molecule has 0 unspecified atom stereocenters. The number of aromatic hydroxyl groups is 1. The number of aryl methyl sites for hydroxylation is 1. The van der Waals surface area contributed by atoms with Crippen LogP contribution >= 0.6 is 12.2 Å². The Morgan fingerprint density at radius 2 is 1.90 bits per heavy atom. The fourth-order valence-electron chi connectivity index (χ4n) is 3.95. The molecule has 7 nitrogen and oxygen atoms in total. The summed E-state index contributed by atoms with van der Waals surface area (Å²) in [7, 11) is 3.16. The summed E-state index contributed by atoms with van der Waals surface area (Å²) in [4.78, 5) is 15.6. The highest BCUT2D eigenvalue weighted by molar-refractivity contribution is 7.71. The van der Waals surface area contributed by atoms with Crippen molar-refractivity contribution in [2.45, 2.75) is 19.4 Å². The largest absolute Gasteiger partial charge is 0.494 e. The Morgan fingerprint density at radius 1 is 1.17 bits per heavy atom. The zero-order valence-electron chi connectivity index (χ0n) is 17.0. The minimum Gasteiger partial charge on any atom is -0.494 e. The summed E-state index contributed by atoms with van der Waals surface area (Å²) in [5.74, 6) is 1.01. The lowest BCUT2D eigenvalue weighted by atomic mass is 9.90. The van der Waals surface area contributed by atoms with Gasteiger partial charge in [-0.3, -0.25) is 14.3 Å². The Morgan fingerprint density at radius 3 is 2.60 bits per heavy atom. The molecule has 2 aromatic carbocycles. The topological polar surface area (TPSA) is 88.5 Å². The monoisotopic (exact) mass is 425 g/mol. The van der Waals surface area contributed by atoms with E-state index in [9.17, 15) is 9.90 Å². The molecular formula is C22H23N3O4S. The molecule has 0 saturated heterocycles. The molecule has 3 aromatic rings. The number of fused-ring (bicyclic) bond motifs is 1. The van der Waals surface area contributed by atoms with E-state index >= 15 is 0 Å². The zero-order chi connectivity index (χ0) is 21.4. The molecular weight excluding hydrogens is 402 g/mol. The second-order valence-corrected chi connectivity index (χ2v) is 7.60. The predicted octanol–water partition coefficient (Wildman–Crippen LogP) is 3.16. The molecule has 0 fully saturated rings. The molecule has 4 rings (SSSR count). The number of aromatic nitrogens is 2. The van der Waals surface area contributed by atoms with Gasteiger partial charge in [0.25, 0.3) is 5.56 Å². The van der Waals surface area contributed by atoms with E-state index in [2.05, 4.69) is 10.3 Å². The normalized spacial score (nSPS) is 15.5. The van der Waals surface area contributed by atoms with Gasteiger partial charge in [-0.25, -0.2) is 0 Å². The number of benzene rings is 2. The number of nitrogens with one attached hydrogen (secondary N) is 2. The summed E-state index contributed by atoms with van der Waals surface area (Å²) >= 11 is 5.35. The van der Waals surface area contributed by atoms with Gasteiger partial charge in [-0.15, -0.1) is 0 Å². The lowest BCUT2D eigenvalue weighted by Gasteiger charge is -2.29. The van der Waals surface area contributed by atoms with Crippen molar-refractivity contribution < 1.29 is 14.6 Å². The highest BCUT2D eigenvalue weighted by atomic mass is 32.1. The van der Waals surface area contributed by atoms with Crippen LogP contribution in [0.3, 0.4) is 0 Å². The number of hydrogen-bond donors (Lipinski definition) is 3. The van der Waals surface area contributed by atoms with Gasteiger partial charge in [-0.2, -0.15) is 0 Å². The summed E-state index contributed by atoms with van der Waals surface area (Å²) in [5, 5.41) is 14.5. The van der Waals surface area contributed by atoms with E-state index in [0.29, 0.717) is 23.7 Å². The van der Waals surface area contributed by atoms with Crippen LogP contribution in [0.5, 0.6) is 17.4 Å². The van der Waals surface area contributed by atoms with Gasteiger partial charge in [0.2, 0.25) is 5.88 Å². The average molecular weight is 426 g/mol. The number of nitrogens with zero attached hydrogens (tertiary/aromatic N) is 1. The van der Waals surface area contributed by atoms with Crippen molar-refractivity contribution in [2.24, 2.45) is 0 Å². The third kappa shape index (κ3) is 3.38. The molecule has 0 radical (unpaired) electrons. The first kappa shape index (κ1) is 20.2. The van der Waals surface area contributed by atoms with Crippen LogP contribution in [0.2, 0.25) is 0 Å². The van der Waals surface area contributed by atoms with Gasteiger partial charge in [-0.05, 0) is 66.5 Å². The van der Waals surface area contributed by atoms with Gasteiger partial charge in [0.1, 0.15) is 0 Å². The van der Waals surface area contributed by atoms with Crippen LogP contribution in [-0.2, 0) is 6.42 Å². The van der Waals surface area contributed by atoms with E-state index in [4.69, 9.17) is 21.7 Å². The Balaban J connectivity index is 1.94. The second-order valence-electron chi connectivity index (χ2n) is 7.21. The summed E-state index contributed by atoms with van der Waals surface area (Å²) < 4.78 is 12.5. The van der Waals surface area contributed by atoms with Gasteiger partial charge in [0.05, 0.1) is 31.5 Å². The molecule has 156 valence electrons. The van der Waals surface area contributed by atoms with E-state index in [0.717, 1.165) is 23.1 Å². The van der Waals surface area contributed by atoms with E-state index in [1.54, 1.807) is 14.2 Å². The molecule has 0 bridgehead atoms. The Kier molecular flexibility index (Phi) is 5.36. The maximum absolute atomic E-state index is 12.9. The lowest BCUT2D eigenvalue weighted by Crippen LogP contribution is -2.35. The third-order valence-corrected chi connectivity index (χ3v) is 5.65. The van der Waals surface area contributed by atoms with Crippen LogP contribution in [-0.4, -0.2) is 35.4 Å². The van der Waals surface area contributed by atoms with Crippen molar-refractivity contribution in [1.82, 2.24) is 14.9 Å². The number of hydrogen-bond acceptors (Lipinski definition) is 6. The van der Waals surface area contributed by atoms with Crippen LogP contribution in [0.4, 0.5) is 0 Å². The summed E-state index contributed by atoms with van der Waals surface area (Å²) in [6.45, 7) is 2.60.